The Morgan fingerprint density at radius 2 is 2.10 bits per heavy atom. The lowest BCUT2D eigenvalue weighted by Gasteiger charge is -2.08. The quantitative estimate of drug-likeness (QED) is 0.431. The van der Waals surface area contributed by atoms with Crippen LogP contribution in [-0.2, 0) is 9.09 Å². The van der Waals surface area contributed by atoms with E-state index in [9.17, 15) is 4.57 Å². The number of halogens is 1. The summed E-state index contributed by atoms with van der Waals surface area (Å²) in [5, 5.41) is 8.22. The summed E-state index contributed by atoms with van der Waals surface area (Å²) in [5.41, 5.74) is -1.13. The first-order valence-corrected chi connectivity index (χ1v) is 4.41. The van der Waals surface area contributed by atoms with Crippen LogP contribution in [0.15, 0.2) is 0 Å². The molecule has 7 heteroatoms. The third-order valence-electron chi connectivity index (χ3n) is 0.608. The highest BCUT2D eigenvalue weighted by molar-refractivity contribution is 7.46. The second-order valence-corrected chi connectivity index (χ2v) is 3.20. The van der Waals surface area contributed by atoms with Crippen molar-refractivity contribution >= 4 is 19.4 Å². The van der Waals surface area contributed by atoms with Gasteiger partial charge in [-0.1, -0.05) is 11.6 Å². The molecule has 0 radical (unpaired) electrons. The van der Waals surface area contributed by atoms with Crippen molar-refractivity contribution in [1.82, 2.24) is 0 Å². The first-order chi connectivity index (χ1) is 4.45. The minimum absolute atomic E-state index is 0.00728. The lowest BCUT2D eigenvalue weighted by atomic mass is 10.5. The van der Waals surface area contributed by atoms with E-state index in [-0.39, 0.29) is 13.0 Å². The molecule has 62 valence electrons. The van der Waals surface area contributed by atoms with E-state index in [1.807, 2.05) is 0 Å². The van der Waals surface area contributed by atoms with E-state index in [0.717, 1.165) is 0 Å². The maximum Gasteiger partial charge on any atom is 0.471 e. The normalized spacial score (nSPS) is 15.2. The Morgan fingerprint density at radius 1 is 1.60 bits per heavy atom. The zero-order valence-electron chi connectivity index (χ0n) is 4.97. The molecule has 1 unspecified atom stereocenters. The van der Waals surface area contributed by atoms with Crippen molar-refractivity contribution in [3.8, 4) is 0 Å². The molecule has 5 nitrogen and oxygen atoms in total. The lowest BCUT2D eigenvalue weighted by Crippen LogP contribution is -2.04. The van der Waals surface area contributed by atoms with Crippen LogP contribution < -0.4 is 0 Å². The molecule has 0 fully saturated rings. The van der Waals surface area contributed by atoms with Crippen LogP contribution in [0, 0.1) is 0 Å². The highest BCUT2D eigenvalue weighted by atomic mass is 35.5. The monoisotopic (exact) mass is 190 g/mol. The van der Waals surface area contributed by atoms with Gasteiger partial charge in [0.05, 0.1) is 0 Å². The Kier molecular flexibility index (Phi) is 4.44. The van der Waals surface area contributed by atoms with Gasteiger partial charge in [-0.05, 0) is 0 Å². The van der Waals surface area contributed by atoms with Crippen LogP contribution in [0.1, 0.15) is 6.42 Å². The Hall–Kier alpha value is 0.360. The molecule has 1 atom stereocenters. The summed E-state index contributed by atoms with van der Waals surface area (Å²) in [5.74, 6) is 0. The van der Waals surface area contributed by atoms with Gasteiger partial charge in [-0.15, -0.1) is 0 Å². The molecule has 10 heavy (non-hydrogen) atoms. The number of alkyl halides is 1. The predicted octanol–water partition coefficient (Wildman–Crippen LogP) is 0.0430. The smallest absolute Gasteiger partial charge is 0.396 e. The Bertz CT molecular complexity index is 133. The summed E-state index contributed by atoms with van der Waals surface area (Å²) in [4.78, 5) is 16.3. The number of phosphoric ester groups is 1. The molecule has 0 aliphatic carbocycles. The van der Waals surface area contributed by atoms with E-state index in [4.69, 9.17) is 26.5 Å². The van der Waals surface area contributed by atoms with Crippen molar-refractivity contribution in [1.29, 1.82) is 0 Å². The van der Waals surface area contributed by atoms with E-state index in [2.05, 4.69) is 4.52 Å². The number of aliphatic hydroxyl groups excluding tert-OH is 1. The van der Waals surface area contributed by atoms with Crippen molar-refractivity contribution < 1.29 is 24.0 Å². The minimum atomic E-state index is -4.49. The highest BCUT2D eigenvalue weighted by Gasteiger charge is 2.19. The Morgan fingerprint density at radius 3 is 2.40 bits per heavy atom. The average Bonchev–Trinajstić information content (AvgIpc) is 1.59. The van der Waals surface area contributed by atoms with E-state index < -0.39 is 13.4 Å². The van der Waals surface area contributed by atoms with E-state index >= 15 is 0 Å². The van der Waals surface area contributed by atoms with Gasteiger partial charge in [0.25, 0.3) is 0 Å². The molecule has 0 aromatic rings. The lowest BCUT2D eigenvalue weighted by molar-refractivity contribution is 0.154. The molecule has 0 aromatic carbocycles. The standard InChI is InChI=1S/C3H8ClO5P/c4-3(1-2-5)9-10(6,7)8/h3,5H,1-2H2,(H2,6,7,8). The van der Waals surface area contributed by atoms with Crippen molar-refractivity contribution in [3.05, 3.63) is 0 Å². The van der Waals surface area contributed by atoms with Crippen LogP contribution in [-0.4, -0.2) is 27.1 Å². The summed E-state index contributed by atoms with van der Waals surface area (Å²) in [7, 11) is -4.49. The van der Waals surface area contributed by atoms with Gasteiger partial charge in [0.15, 0.2) is 0 Å². The van der Waals surface area contributed by atoms with Crippen LogP contribution in [0.3, 0.4) is 0 Å². The Labute approximate surface area is 62.8 Å². The first kappa shape index (κ1) is 10.4. The van der Waals surface area contributed by atoms with E-state index in [1.54, 1.807) is 0 Å². The zero-order valence-corrected chi connectivity index (χ0v) is 6.63. The number of rotatable bonds is 4. The second-order valence-electron chi connectivity index (χ2n) is 1.52. The maximum atomic E-state index is 10.0. The van der Waals surface area contributed by atoms with Crippen LogP contribution in [0.5, 0.6) is 0 Å². The molecule has 3 N–H and O–H groups in total. The summed E-state index contributed by atoms with van der Waals surface area (Å²) >= 11 is 5.19. The summed E-state index contributed by atoms with van der Waals surface area (Å²) in [6.07, 6.45) is -0.00728. The van der Waals surface area contributed by atoms with Crippen LogP contribution in [0.2, 0.25) is 0 Å². The number of aliphatic hydroxyl groups is 1. The molecular formula is C3H8ClO5P. The highest BCUT2D eigenvalue weighted by Crippen LogP contribution is 2.38. The van der Waals surface area contributed by atoms with Gasteiger partial charge in [-0.25, -0.2) is 4.57 Å². The van der Waals surface area contributed by atoms with Crippen molar-refractivity contribution in [2.75, 3.05) is 6.61 Å². The second kappa shape index (κ2) is 4.28. The number of hydrogen-bond donors (Lipinski definition) is 3. The fourth-order valence-corrected chi connectivity index (χ4v) is 1.12. The van der Waals surface area contributed by atoms with Gasteiger partial charge >= 0.3 is 7.82 Å². The number of phosphoric acid groups is 1. The SMILES string of the molecule is O=P(O)(O)OC(Cl)CCO. The van der Waals surface area contributed by atoms with Gasteiger partial charge in [0.1, 0.15) is 5.56 Å². The molecule has 0 bridgehead atoms. The largest absolute Gasteiger partial charge is 0.471 e. The van der Waals surface area contributed by atoms with Crippen molar-refractivity contribution in [2.24, 2.45) is 0 Å². The van der Waals surface area contributed by atoms with Crippen molar-refractivity contribution in [2.45, 2.75) is 12.0 Å². The average molecular weight is 191 g/mol. The van der Waals surface area contributed by atoms with Crippen LogP contribution in [0.4, 0.5) is 0 Å². The molecule has 0 rings (SSSR count). The minimum Gasteiger partial charge on any atom is -0.396 e. The van der Waals surface area contributed by atoms with Gasteiger partial charge in [0, 0.05) is 13.0 Å². The molecular weight excluding hydrogens is 182 g/mol. The Balaban J connectivity index is 3.58. The maximum absolute atomic E-state index is 10.0. The van der Waals surface area contributed by atoms with Gasteiger partial charge in [0.2, 0.25) is 0 Å². The third-order valence-corrected chi connectivity index (χ3v) is 1.57. The molecule has 0 spiro atoms. The zero-order chi connectivity index (χ0) is 8.20. The van der Waals surface area contributed by atoms with Gasteiger partial charge < -0.3 is 14.9 Å². The predicted molar refractivity (Wildman–Crippen MR) is 34.5 cm³/mol. The molecule has 0 heterocycles. The first-order valence-electron chi connectivity index (χ1n) is 2.44. The third kappa shape index (κ3) is 6.48. The van der Waals surface area contributed by atoms with Crippen LogP contribution in [0.25, 0.3) is 0 Å². The molecule has 0 aliphatic rings. The van der Waals surface area contributed by atoms with E-state index in [0.29, 0.717) is 0 Å². The molecule has 0 saturated carbocycles. The topological polar surface area (TPSA) is 87.0 Å². The van der Waals surface area contributed by atoms with Gasteiger partial charge in [-0.2, -0.15) is 0 Å². The van der Waals surface area contributed by atoms with Gasteiger partial charge in [-0.3, -0.25) is 4.52 Å². The fraction of sp³-hybridized carbons (Fsp3) is 1.00. The fourth-order valence-electron chi connectivity index (χ4n) is 0.303. The summed E-state index contributed by atoms with van der Waals surface area (Å²) in [6, 6.07) is 0. The summed E-state index contributed by atoms with van der Waals surface area (Å²) in [6.45, 7) is -0.270. The van der Waals surface area contributed by atoms with Crippen molar-refractivity contribution in [3.63, 3.8) is 0 Å². The van der Waals surface area contributed by atoms with E-state index in [1.165, 1.54) is 0 Å². The molecule has 0 aliphatic heterocycles. The molecule has 0 saturated heterocycles. The van der Waals surface area contributed by atoms with Crippen LogP contribution >= 0.6 is 19.4 Å². The molecule has 0 aromatic heterocycles. The molecule has 0 amide bonds. The summed E-state index contributed by atoms with van der Waals surface area (Å²) < 4.78 is 14.0. The number of hydrogen-bond acceptors (Lipinski definition) is 3.